The largest absolute Gasteiger partial charge is 0.449 e. The molecule has 3 aliphatic rings. The Labute approximate surface area is 409 Å². The van der Waals surface area contributed by atoms with Gasteiger partial charge in [-0.25, -0.2) is 9.59 Å². The third kappa shape index (κ3) is 14.2. The molecule has 1 aliphatic carbocycles. The second kappa shape index (κ2) is 22.8. The number of hydrogen-bond acceptors (Lipinski definition) is 9. The summed E-state index contributed by atoms with van der Waals surface area (Å²) in [6, 6.07) is 23.5. The summed E-state index contributed by atoms with van der Waals surface area (Å²) in [5.41, 5.74) is 3.52. The standard InChI is InChI=1S/C55H76N6O8/c1-36(2)31-39(58-52(66)69-53(3,4)5)28-27-38(32-37-19-11-10-12-20-37)50(64)60-30-18-26-47(60)49(63)59-46(48(62)57-40-33-54(6,7)61(67)55(8,9)34-40)25-17-29-56-51(65)68-35-45-43-23-15-13-21-41(43)42-22-14-16-24-44(42)45/h10-16,19-24,27-28,36,38-40,45-47,67H,17-18,25-26,29-35H2,1-9H3,(H,56,65)(H,57,62)(H,58,66)(H,59,63)/b28-27+/t38-,39-,46+,47+/m1/s1. The van der Waals surface area contributed by atoms with Crippen LogP contribution in [0.25, 0.3) is 11.1 Å². The number of nitrogens with one attached hydrogen (secondary N) is 4. The van der Waals surface area contributed by atoms with Gasteiger partial charge in [-0.2, -0.15) is 5.06 Å². The van der Waals surface area contributed by atoms with Crippen LogP contribution >= 0.6 is 0 Å². The van der Waals surface area contributed by atoms with Crippen molar-refractivity contribution in [2.24, 2.45) is 11.8 Å². The third-order valence-corrected chi connectivity index (χ3v) is 13.4. The first-order valence-electron chi connectivity index (χ1n) is 24.8. The molecule has 0 spiro atoms. The van der Waals surface area contributed by atoms with Crippen LogP contribution in [0.15, 0.2) is 91.0 Å². The molecule has 0 saturated carbocycles. The predicted octanol–water partition coefficient (Wildman–Crippen LogP) is 8.66. The third-order valence-electron chi connectivity index (χ3n) is 13.4. The van der Waals surface area contributed by atoms with Crippen molar-refractivity contribution in [3.8, 4) is 11.1 Å². The van der Waals surface area contributed by atoms with Crippen LogP contribution in [0, 0.1) is 11.8 Å². The Morgan fingerprint density at radius 3 is 2.04 bits per heavy atom. The van der Waals surface area contributed by atoms with E-state index in [9.17, 15) is 29.2 Å². The molecule has 14 heteroatoms. The Balaban J connectivity index is 1.14. The normalized spacial score (nSPS) is 19.3. The van der Waals surface area contributed by atoms with Crippen LogP contribution in [0.3, 0.4) is 0 Å². The predicted molar refractivity (Wildman–Crippen MR) is 267 cm³/mol. The van der Waals surface area contributed by atoms with Gasteiger partial charge < -0.3 is 40.8 Å². The quantitative estimate of drug-likeness (QED) is 0.0617. The summed E-state index contributed by atoms with van der Waals surface area (Å²) < 4.78 is 11.3. The molecule has 3 aromatic rings. The van der Waals surface area contributed by atoms with Gasteiger partial charge in [0.1, 0.15) is 24.3 Å². The molecule has 0 radical (unpaired) electrons. The molecule has 14 nitrogen and oxygen atoms in total. The molecule has 0 aromatic heterocycles. The molecule has 2 heterocycles. The molecule has 3 aromatic carbocycles. The molecular formula is C55H76N6O8. The molecule has 2 fully saturated rings. The van der Waals surface area contributed by atoms with Crippen molar-refractivity contribution in [1.82, 2.24) is 31.2 Å². The lowest BCUT2D eigenvalue weighted by atomic mass is 9.79. The van der Waals surface area contributed by atoms with Gasteiger partial charge in [0.15, 0.2) is 0 Å². The molecule has 2 aliphatic heterocycles. The second-order valence-electron chi connectivity index (χ2n) is 21.8. The average molecular weight is 949 g/mol. The molecule has 4 atom stereocenters. The zero-order valence-electron chi connectivity index (χ0n) is 42.2. The summed E-state index contributed by atoms with van der Waals surface area (Å²) in [4.78, 5) is 71.0. The molecule has 2 saturated heterocycles. The average Bonchev–Trinajstić information content (AvgIpc) is 3.90. The van der Waals surface area contributed by atoms with Crippen LogP contribution in [0.1, 0.15) is 130 Å². The van der Waals surface area contributed by atoms with Crippen molar-refractivity contribution in [2.75, 3.05) is 19.7 Å². The van der Waals surface area contributed by atoms with Crippen molar-refractivity contribution < 1.29 is 38.7 Å². The molecule has 5 amide bonds. The second-order valence-corrected chi connectivity index (χ2v) is 21.8. The Bertz CT molecular complexity index is 2230. The zero-order chi connectivity index (χ0) is 50.1. The molecule has 0 bridgehead atoms. The van der Waals surface area contributed by atoms with Gasteiger partial charge in [-0.3, -0.25) is 14.4 Å². The van der Waals surface area contributed by atoms with Gasteiger partial charge in [-0.1, -0.05) is 105 Å². The highest BCUT2D eigenvalue weighted by molar-refractivity contribution is 5.93. The fourth-order valence-corrected chi connectivity index (χ4v) is 10.4. The molecule has 0 unspecified atom stereocenters. The minimum Gasteiger partial charge on any atom is -0.449 e. The van der Waals surface area contributed by atoms with Gasteiger partial charge in [-0.15, -0.1) is 0 Å². The number of fused-ring (bicyclic) bond motifs is 3. The highest BCUT2D eigenvalue weighted by atomic mass is 16.6. The van der Waals surface area contributed by atoms with Gasteiger partial charge in [0.2, 0.25) is 17.7 Å². The highest BCUT2D eigenvalue weighted by Gasteiger charge is 2.46. The summed E-state index contributed by atoms with van der Waals surface area (Å²) >= 11 is 0. The number of rotatable bonds is 18. The van der Waals surface area contributed by atoms with E-state index in [4.69, 9.17) is 9.47 Å². The molecular weight excluding hydrogens is 873 g/mol. The zero-order valence-corrected chi connectivity index (χ0v) is 42.2. The summed E-state index contributed by atoms with van der Waals surface area (Å²) in [6.45, 7) is 18.0. The number of benzene rings is 3. The van der Waals surface area contributed by atoms with Crippen LogP contribution in [0.5, 0.6) is 0 Å². The van der Waals surface area contributed by atoms with Crippen molar-refractivity contribution in [1.29, 1.82) is 0 Å². The SMILES string of the molecule is CC(C)C[C@@H](/C=C/[C@H](Cc1ccccc1)C(=O)N1CCC[C@H]1C(=O)N[C@@H](CCCNC(=O)OCC1c2ccccc2-c2ccccc21)C(=O)NC1CC(C)(C)N(O)C(C)(C)C1)NC(=O)OC(C)(C)C. The number of nitrogens with zero attached hydrogens (tertiary/aromatic N) is 2. The Hall–Kier alpha value is -5.73. The number of hydrogen-bond donors (Lipinski definition) is 5. The van der Waals surface area contributed by atoms with Gasteiger partial charge in [0.25, 0.3) is 0 Å². The summed E-state index contributed by atoms with van der Waals surface area (Å²) in [5.74, 6) is -1.53. The fraction of sp³-hybridized carbons (Fsp3) is 0.545. The number of carbonyl (C=O) groups excluding carboxylic acids is 5. The maximum absolute atomic E-state index is 14.7. The molecule has 69 heavy (non-hydrogen) atoms. The Morgan fingerprint density at radius 2 is 1.43 bits per heavy atom. The van der Waals surface area contributed by atoms with Crippen LogP contribution in [0.2, 0.25) is 0 Å². The van der Waals surface area contributed by atoms with Crippen molar-refractivity contribution in [2.45, 2.75) is 160 Å². The summed E-state index contributed by atoms with van der Waals surface area (Å²) in [5, 5.41) is 24.3. The van der Waals surface area contributed by atoms with Crippen molar-refractivity contribution >= 4 is 29.9 Å². The van der Waals surface area contributed by atoms with Crippen LogP contribution < -0.4 is 21.3 Å². The first-order valence-corrected chi connectivity index (χ1v) is 24.8. The smallest absolute Gasteiger partial charge is 0.408 e. The molecule has 6 rings (SSSR count). The lowest BCUT2D eigenvalue weighted by molar-refractivity contribution is -0.246. The van der Waals surface area contributed by atoms with Crippen molar-refractivity contribution in [3.05, 3.63) is 108 Å². The van der Waals surface area contributed by atoms with E-state index in [0.29, 0.717) is 51.5 Å². The van der Waals surface area contributed by atoms with E-state index < -0.39 is 58.8 Å². The monoisotopic (exact) mass is 949 g/mol. The van der Waals surface area contributed by atoms with Crippen LogP contribution in [-0.4, -0.2) is 106 Å². The first kappa shape index (κ1) is 52.6. The lowest BCUT2D eigenvalue weighted by Gasteiger charge is -2.51. The van der Waals surface area contributed by atoms with Crippen LogP contribution in [-0.2, 0) is 30.3 Å². The van der Waals surface area contributed by atoms with E-state index in [1.54, 1.807) is 25.7 Å². The van der Waals surface area contributed by atoms with E-state index >= 15 is 0 Å². The highest BCUT2D eigenvalue weighted by Crippen LogP contribution is 2.44. The Morgan fingerprint density at radius 1 is 0.826 bits per heavy atom. The maximum Gasteiger partial charge on any atom is 0.408 e. The number of piperidine rings is 1. The minimum absolute atomic E-state index is 0.0891. The van der Waals surface area contributed by atoms with E-state index in [2.05, 4.69) is 59.4 Å². The van der Waals surface area contributed by atoms with E-state index in [1.807, 2.05) is 94.4 Å². The topological polar surface area (TPSA) is 179 Å². The number of alkyl carbamates (subject to hydrolysis) is 2. The first-order chi connectivity index (χ1) is 32.6. The van der Waals surface area contributed by atoms with Gasteiger partial charge >= 0.3 is 12.2 Å². The van der Waals surface area contributed by atoms with Gasteiger partial charge in [0, 0.05) is 36.1 Å². The number of ether oxygens (including phenoxy) is 2. The summed E-state index contributed by atoms with van der Waals surface area (Å²) in [6.07, 6.45) is 6.13. The van der Waals surface area contributed by atoms with Gasteiger partial charge in [0.05, 0.1) is 12.0 Å². The van der Waals surface area contributed by atoms with Crippen LogP contribution in [0.4, 0.5) is 9.59 Å². The lowest BCUT2D eigenvalue weighted by Crippen LogP contribution is -2.64. The molecule has 374 valence electrons. The maximum atomic E-state index is 14.7. The van der Waals surface area contributed by atoms with Gasteiger partial charge in [-0.05, 0) is 134 Å². The minimum atomic E-state index is -0.978. The number of hydroxylamine groups is 2. The number of carbonyl (C=O) groups is 5. The van der Waals surface area contributed by atoms with E-state index in [-0.39, 0.29) is 49.3 Å². The Kier molecular flexibility index (Phi) is 17.4. The van der Waals surface area contributed by atoms with E-state index in [0.717, 1.165) is 27.8 Å². The molecule has 5 N–H and O–H groups in total. The fourth-order valence-electron chi connectivity index (χ4n) is 10.4. The number of likely N-dealkylation sites (tertiary alicyclic amines) is 1. The van der Waals surface area contributed by atoms with Crippen molar-refractivity contribution in [3.63, 3.8) is 0 Å². The van der Waals surface area contributed by atoms with E-state index in [1.165, 1.54) is 5.06 Å². The number of amides is 5. The summed E-state index contributed by atoms with van der Waals surface area (Å²) in [7, 11) is 0.